The summed E-state index contributed by atoms with van der Waals surface area (Å²) in [5.74, 6) is 0.672. The molecule has 0 saturated carbocycles. The lowest BCUT2D eigenvalue weighted by Gasteiger charge is -2.24. The Balaban J connectivity index is 1.93. The summed E-state index contributed by atoms with van der Waals surface area (Å²) in [6, 6.07) is 11.5. The normalized spacial score (nSPS) is 11.9. The summed E-state index contributed by atoms with van der Waals surface area (Å²) in [5.41, 5.74) is 1.27. The van der Waals surface area contributed by atoms with Gasteiger partial charge in [0.25, 0.3) is 0 Å². The molecule has 0 bridgehead atoms. The van der Waals surface area contributed by atoms with E-state index in [1.54, 1.807) is 39.3 Å². The molecule has 0 fully saturated rings. The lowest BCUT2D eigenvalue weighted by atomic mass is 10.1. The third kappa shape index (κ3) is 4.95. The number of hydrogen-bond donors (Lipinski definition) is 1. The van der Waals surface area contributed by atoms with E-state index in [2.05, 4.69) is 5.32 Å². The number of para-hydroxylation sites is 1. The minimum absolute atomic E-state index is 0.192. The fourth-order valence-corrected chi connectivity index (χ4v) is 2.54. The van der Waals surface area contributed by atoms with Crippen LogP contribution in [0.25, 0.3) is 0 Å². The van der Waals surface area contributed by atoms with Gasteiger partial charge in [0.15, 0.2) is 11.5 Å². The van der Waals surface area contributed by atoms with Crippen LogP contribution in [0.2, 0.25) is 0 Å². The molecule has 26 heavy (non-hydrogen) atoms. The summed E-state index contributed by atoms with van der Waals surface area (Å²) in [7, 11) is 5.07. The molecule has 5 nitrogen and oxygen atoms in total. The molecule has 2 rings (SSSR count). The summed E-state index contributed by atoms with van der Waals surface area (Å²) in [6.07, 6.45) is 0.744. The van der Waals surface area contributed by atoms with Gasteiger partial charge in [0.05, 0.1) is 25.9 Å². The van der Waals surface area contributed by atoms with E-state index in [1.165, 1.54) is 6.07 Å². The molecular weight excluding hydrogens is 335 g/mol. The van der Waals surface area contributed by atoms with Crippen molar-refractivity contribution in [3.05, 3.63) is 53.8 Å². The smallest absolute Gasteiger partial charge is 0.241 e. The zero-order valence-electron chi connectivity index (χ0n) is 15.6. The number of halogens is 1. The highest BCUT2D eigenvalue weighted by atomic mass is 19.1. The van der Waals surface area contributed by atoms with Crippen LogP contribution in [0.3, 0.4) is 0 Å². The van der Waals surface area contributed by atoms with E-state index >= 15 is 0 Å². The molecular formula is C20H25FN2O3. The zero-order chi connectivity index (χ0) is 19.1. The molecule has 2 aromatic carbocycles. The van der Waals surface area contributed by atoms with E-state index in [4.69, 9.17) is 9.47 Å². The average molecular weight is 360 g/mol. The third-order valence-corrected chi connectivity index (χ3v) is 4.37. The number of ether oxygens (including phenoxy) is 2. The lowest BCUT2D eigenvalue weighted by molar-refractivity contribution is -0.120. The number of amides is 1. The number of carbonyl (C=O) groups excluding carboxylic acids is 1. The molecule has 0 aliphatic heterocycles. The van der Waals surface area contributed by atoms with E-state index in [-0.39, 0.29) is 11.6 Å². The second-order valence-corrected chi connectivity index (χ2v) is 6.07. The summed E-state index contributed by atoms with van der Waals surface area (Å²) in [6.45, 7) is 2.46. The van der Waals surface area contributed by atoms with Crippen molar-refractivity contribution >= 4 is 11.6 Å². The van der Waals surface area contributed by atoms with Gasteiger partial charge in [-0.25, -0.2) is 4.39 Å². The second kappa shape index (κ2) is 9.20. The average Bonchev–Trinajstić information content (AvgIpc) is 2.66. The number of methoxy groups -OCH3 is 2. The van der Waals surface area contributed by atoms with Crippen LogP contribution in [0.5, 0.6) is 11.5 Å². The van der Waals surface area contributed by atoms with Crippen molar-refractivity contribution in [3.63, 3.8) is 0 Å². The predicted molar refractivity (Wildman–Crippen MR) is 100 cm³/mol. The van der Waals surface area contributed by atoms with Crippen molar-refractivity contribution in [2.24, 2.45) is 0 Å². The summed E-state index contributed by atoms with van der Waals surface area (Å²) in [4.78, 5) is 14.3. The van der Waals surface area contributed by atoms with Gasteiger partial charge in [0.1, 0.15) is 5.82 Å². The van der Waals surface area contributed by atoms with Crippen molar-refractivity contribution in [1.29, 1.82) is 0 Å². The van der Waals surface area contributed by atoms with Gasteiger partial charge >= 0.3 is 0 Å². The van der Waals surface area contributed by atoms with Gasteiger partial charge in [-0.3, -0.25) is 9.69 Å². The number of likely N-dealkylation sites (N-methyl/N-ethyl adjacent to an activating group) is 1. The Hall–Kier alpha value is -2.60. The first-order chi connectivity index (χ1) is 12.5. The second-order valence-electron chi connectivity index (χ2n) is 6.07. The number of carbonyl (C=O) groups is 1. The molecule has 0 aliphatic carbocycles. The number of anilines is 1. The zero-order valence-corrected chi connectivity index (χ0v) is 15.6. The van der Waals surface area contributed by atoms with Gasteiger partial charge in [-0.15, -0.1) is 0 Å². The number of hydrogen-bond acceptors (Lipinski definition) is 4. The van der Waals surface area contributed by atoms with Crippen LogP contribution >= 0.6 is 0 Å². The standard InChI is InChI=1S/C20H25FN2O3/c1-14(20(24)22-17-8-6-5-7-16(17)21)23(2)12-11-15-9-10-18(25-3)19(13-15)26-4/h5-10,13-14H,11-12H2,1-4H3,(H,22,24)/t14-/m1/s1. The van der Waals surface area contributed by atoms with E-state index in [0.29, 0.717) is 18.0 Å². The maximum absolute atomic E-state index is 13.7. The van der Waals surface area contributed by atoms with Crippen molar-refractivity contribution in [3.8, 4) is 11.5 Å². The molecule has 6 heteroatoms. The van der Waals surface area contributed by atoms with Crippen LogP contribution in [0, 0.1) is 5.82 Å². The van der Waals surface area contributed by atoms with Gasteiger partial charge in [-0.05, 0) is 50.2 Å². The molecule has 1 N–H and O–H groups in total. The lowest BCUT2D eigenvalue weighted by Crippen LogP contribution is -2.40. The van der Waals surface area contributed by atoms with E-state index < -0.39 is 11.9 Å². The third-order valence-electron chi connectivity index (χ3n) is 4.37. The highest BCUT2D eigenvalue weighted by molar-refractivity contribution is 5.94. The maximum atomic E-state index is 13.7. The van der Waals surface area contributed by atoms with Crippen LogP contribution in [0.1, 0.15) is 12.5 Å². The van der Waals surface area contributed by atoms with Gasteiger partial charge in [-0.2, -0.15) is 0 Å². The number of nitrogens with one attached hydrogen (secondary N) is 1. The summed E-state index contributed by atoms with van der Waals surface area (Å²) >= 11 is 0. The molecule has 0 radical (unpaired) electrons. The molecule has 140 valence electrons. The summed E-state index contributed by atoms with van der Waals surface area (Å²) in [5, 5.41) is 2.63. The highest BCUT2D eigenvalue weighted by Gasteiger charge is 2.19. The van der Waals surface area contributed by atoms with Crippen LogP contribution in [-0.4, -0.2) is 44.7 Å². The molecule has 0 aliphatic rings. The number of benzene rings is 2. The SMILES string of the molecule is COc1ccc(CCN(C)[C@H](C)C(=O)Nc2ccccc2F)cc1OC. The monoisotopic (exact) mass is 360 g/mol. The van der Waals surface area contributed by atoms with E-state index in [9.17, 15) is 9.18 Å². The van der Waals surface area contributed by atoms with Gasteiger partial charge < -0.3 is 14.8 Å². The first-order valence-electron chi connectivity index (χ1n) is 8.42. The first-order valence-corrected chi connectivity index (χ1v) is 8.42. The van der Waals surface area contributed by atoms with Gasteiger partial charge in [0, 0.05) is 6.54 Å². The first kappa shape index (κ1) is 19.7. The molecule has 0 heterocycles. The van der Waals surface area contributed by atoms with Crippen LogP contribution in [0.4, 0.5) is 10.1 Å². The van der Waals surface area contributed by atoms with Crippen LogP contribution in [-0.2, 0) is 11.2 Å². The summed E-state index contributed by atoms with van der Waals surface area (Å²) < 4.78 is 24.2. The molecule has 1 atom stereocenters. The molecule has 2 aromatic rings. The topological polar surface area (TPSA) is 50.8 Å². The minimum Gasteiger partial charge on any atom is -0.493 e. The maximum Gasteiger partial charge on any atom is 0.241 e. The van der Waals surface area contributed by atoms with Crippen LogP contribution < -0.4 is 14.8 Å². The minimum atomic E-state index is -0.443. The van der Waals surface area contributed by atoms with Crippen molar-refractivity contribution in [1.82, 2.24) is 4.90 Å². The Morgan fingerprint density at radius 2 is 1.85 bits per heavy atom. The van der Waals surface area contributed by atoms with Crippen molar-refractivity contribution < 1.29 is 18.7 Å². The Morgan fingerprint density at radius 1 is 1.15 bits per heavy atom. The van der Waals surface area contributed by atoms with Crippen molar-refractivity contribution in [2.75, 3.05) is 33.1 Å². The van der Waals surface area contributed by atoms with Gasteiger partial charge in [-0.1, -0.05) is 18.2 Å². The fourth-order valence-electron chi connectivity index (χ4n) is 2.54. The molecule has 1 amide bonds. The molecule has 0 spiro atoms. The van der Waals surface area contributed by atoms with E-state index in [0.717, 1.165) is 12.0 Å². The van der Waals surface area contributed by atoms with E-state index in [1.807, 2.05) is 30.1 Å². The Labute approximate surface area is 153 Å². The Bertz CT molecular complexity index is 752. The predicted octanol–water partition coefficient (Wildman–Crippen LogP) is 3.34. The largest absolute Gasteiger partial charge is 0.493 e. The van der Waals surface area contributed by atoms with Gasteiger partial charge in [0.2, 0.25) is 5.91 Å². The quantitative estimate of drug-likeness (QED) is 0.784. The van der Waals surface area contributed by atoms with Crippen molar-refractivity contribution in [2.45, 2.75) is 19.4 Å². The fraction of sp³-hybridized carbons (Fsp3) is 0.350. The van der Waals surface area contributed by atoms with Crippen LogP contribution in [0.15, 0.2) is 42.5 Å². The molecule has 0 aromatic heterocycles. The Kier molecular flexibility index (Phi) is 6.97. The number of rotatable bonds is 8. The number of nitrogens with zero attached hydrogens (tertiary/aromatic N) is 1. The Morgan fingerprint density at radius 3 is 2.50 bits per heavy atom. The molecule has 0 saturated heterocycles. The molecule has 0 unspecified atom stereocenters. The highest BCUT2D eigenvalue weighted by Crippen LogP contribution is 2.27.